The van der Waals surface area contributed by atoms with Crippen molar-refractivity contribution < 1.29 is 30.0 Å². The number of carbonyl (C=O) groups is 2. The first-order chi connectivity index (χ1) is 8.85. The standard InChI is InChI=1S/C6H14O2.2C4H8O2/c1-3-4-5-6(2,7)8;2*1-3(2)4(5)6/h7-8H,3-5H2,1-2H3;2*3H,1-2H3,(H,5,6). The fourth-order valence-corrected chi connectivity index (χ4v) is 0.512. The molecule has 0 rings (SSSR count). The van der Waals surface area contributed by atoms with E-state index in [0.717, 1.165) is 12.8 Å². The molecule has 0 heterocycles. The van der Waals surface area contributed by atoms with Crippen LogP contribution in [0.5, 0.6) is 0 Å². The van der Waals surface area contributed by atoms with Crippen LogP contribution in [0.1, 0.15) is 60.8 Å². The third-order valence-electron chi connectivity index (χ3n) is 1.99. The first kappa shape index (κ1) is 23.9. The highest BCUT2D eigenvalue weighted by Gasteiger charge is 2.12. The summed E-state index contributed by atoms with van der Waals surface area (Å²) in [6, 6.07) is 0. The molecule has 0 aliphatic heterocycles. The molecule has 0 aromatic carbocycles. The molecule has 0 bridgehead atoms. The Morgan fingerprint density at radius 2 is 1.20 bits per heavy atom. The topological polar surface area (TPSA) is 115 Å². The maximum Gasteiger partial charge on any atom is 0.305 e. The van der Waals surface area contributed by atoms with Gasteiger partial charge in [0.2, 0.25) is 0 Å². The van der Waals surface area contributed by atoms with Gasteiger partial charge in [-0.25, -0.2) is 0 Å². The van der Waals surface area contributed by atoms with Gasteiger partial charge in [0.25, 0.3) is 0 Å². The molecule has 0 aliphatic carbocycles. The summed E-state index contributed by atoms with van der Waals surface area (Å²) in [6.45, 7) is 9.99. The van der Waals surface area contributed by atoms with Gasteiger partial charge in [-0.15, -0.1) is 0 Å². The molecule has 6 heteroatoms. The molecular formula is C14H30O6. The van der Waals surface area contributed by atoms with Gasteiger partial charge in [-0.2, -0.15) is 0 Å². The zero-order valence-electron chi connectivity index (χ0n) is 13.4. The van der Waals surface area contributed by atoms with Gasteiger partial charge >= 0.3 is 11.9 Å². The zero-order chi connectivity index (χ0) is 16.9. The number of aliphatic hydroxyl groups is 2. The van der Waals surface area contributed by atoms with Crippen molar-refractivity contribution in [2.75, 3.05) is 0 Å². The molecular weight excluding hydrogens is 264 g/mol. The highest BCUT2D eigenvalue weighted by atomic mass is 16.5. The van der Waals surface area contributed by atoms with Crippen molar-refractivity contribution in [3.8, 4) is 0 Å². The van der Waals surface area contributed by atoms with Gasteiger partial charge in [-0.05, 0) is 13.3 Å². The van der Waals surface area contributed by atoms with E-state index in [0.29, 0.717) is 6.42 Å². The Bertz CT molecular complexity index is 235. The summed E-state index contributed by atoms with van der Waals surface area (Å²) >= 11 is 0. The molecule has 0 spiro atoms. The summed E-state index contributed by atoms with van der Waals surface area (Å²) in [5, 5.41) is 33.4. The van der Waals surface area contributed by atoms with Crippen LogP contribution in [0.4, 0.5) is 0 Å². The normalized spacial score (nSPS) is 10.3. The Balaban J connectivity index is -0.000000221. The van der Waals surface area contributed by atoms with Gasteiger partial charge in [0.15, 0.2) is 5.79 Å². The summed E-state index contributed by atoms with van der Waals surface area (Å²) < 4.78 is 0. The Morgan fingerprint density at radius 1 is 0.950 bits per heavy atom. The Morgan fingerprint density at radius 3 is 1.25 bits per heavy atom. The molecule has 4 N–H and O–H groups in total. The van der Waals surface area contributed by atoms with E-state index >= 15 is 0 Å². The predicted octanol–water partition coefficient (Wildman–Crippen LogP) is 2.33. The first-order valence-corrected chi connectivity index (χ1v) is 6.75. The smallest absolute Gasteiger partial charge is 0.305 e. The van der Waals surface area contributed by atoms with Gasteiger partial charge in [-0.1, -0.05) is 41.0 Å². The van der Waals surface area contributed by atoms with Crippen LogP contribution in [0, 0.1) is 11.8 Å². The molecule has 0 saturated heterocycles. The van der Waals surface area contributed by atoms with Crippen LogP contribution in [-0.4, -0.2) is 38.2 Å². The zero-order valence-corrected chi connectivity index (χ0v) is 13.4. The fraction of sp³-hybridized carbons (Fsp3) is 0.857. The van der Waals surface area contributed by atoms with Crippen molar-refractivity contribution in [2.45, 2.75) is 66.6 Å². The molecule has 20 heavy (non-hydrogen) atoms. The highest BCUT2D eigenvalue weighted by molar-refractivity contribution is 5.69. The maximum absolute atomic E-state index is 9.70. The van der Waals surface area contributed by atoms with Crippen LogP contribution in [0.2, 0.25) is 0 Å². The monoisotopic (exact) mass is 294 g/mol. The minimum atomic E-state index is -1.45. The van der Waals surface area contributed by atoms with Crippen molar-refractivity contribution in [3.05, 3.63) is 0 Å². The second-order valence-electron chi connectivity index (χ2n) is 5.31. The number of hydrogen-bond acceptors (Lipinski definition) is 4. The van der Waals surface area contributed by atoms with Crippen LogP contribution in [0.15, 0.2) is 0 Å². The SMILES string of the molecule is CC(C)C(=O)O.CC(C)C(=O)O.CCCCC(C)(O)O. The van der Waals surface area contributed by atoms with Crippen molar-refractivity contribution >= 4 is 11.9 Å². The van der Waals surface area contributed by atoms with Crippen LogP contribution in [0.25, 0.3) is 0 Å². The maximum atomic E-state index is 9.70. The lowest BCUT2D eigenvalue weighted by Crippen LogP contribution is -2.22. The lowest BCUT2D eigenvalue weighted by molar-refractivity contribution is -0.150. The van der Waals surface area contributed by atoms with Crippen LogP contribution in [-0.2, 0) is 9.59 Å². The molecule has 0 radical (unpaired) electrons. The van der Waals surface area contributed by atoms with Crippen molar-refractivity contribution in [1.82, 2.24) is 0 Å². The molecule has 0 aromatic rings. The summed E-state index contributed by atoms with van der Waals surface area (Å²) in [5.74, 6) is -3.39. The summed E-state index contributed by atoms with van der Waals surface area (Å²) in [7, 11) is 0. The molecule has 0 atom stereocenters. The highest BCUT2D eigenvalue weighted by Crippen LogP contribution is 2.07. The second-order valence-corrected chi connectivity index (χ2v) is 5.31. The van der Waals surface area contributed by atoms with E-state index in [1.54, 1.807) is 27.7 Å². The van der Waals surface area contributed by atoms with Crippen LogP contribution in [0.3, 0.4) is 0 Å². The van der Waals surface area contributed by atoms with Gasteiger partial charge in [0, 0.05) is 6.42 Å². The van der Waals surface area contributed by atoms with E-state index in [9.17, 15) is 9.59 Å². The third kappa shape index (κ3) is 30.2. The largest absolute Gasteiger partial charge is 0.481 e. The van der Waals surface area contributed by atoms with Crippen molar-refractivity contribution in [3.63, 3.8) is 0 Å². The molecule has 0 fully saturated rings. The molecule has 0 unspecified atom stereocenters. The van der Waals surface area contributed by atoms with Gasteiger partial charge in [0.1, 0.15) is 0 Å². The fourth-order valence-electron chi connectivity index (χ4n) is 0.512. The predicted molar refractivity (Wildman–Crippen MR) is 77.3 cm³/mol. The number of carboxylic acids is 2. The number of aliphatic carboxylic acids is 2. The second kappa shape index (κ2) is 12.9. The molecule has 0 aromatic heterocycles. The molecule has 122 valence electrons. The van der Waals surface area contributed by atoms with E-state index < -0.39 is 17.7 Å². The Labute approximate surface area is 121 Å². The quantitative estimate of drug-likeness (QED) is 0.578. The average Bonchev–Trinajstić information content (AvgIpc) is 2.26. The lowest BCUT2D eigenvalue weighted by atomic mass is 10.1. The molecule has 6 nitrogen and oxygen atoms in total. The van der Waals surface area contributed by atoms with Gasteiger partial charge in [0.05, 0.1) is 11.8 Å². The Kier molecular flexibility index (Phi) is 15.4. The number of unbranched alkanes of at least 4 members (excludes halogenated alkanes) is 1. The van der Waals surface area contributed by atoms with Gasteiger partial charge in [-0.3, -0.25) is 9.59 Å². The van der Waals surface area contributed by atoms with E-state index in [1.807, 2.05) is 6.92 Å². The van der Waals surface area contributed by atoms with Crippen LogP contribution >= 0.6 is 0 Å². The van der Waals surface area contributed by atoms with E-state index in [2.05, 4.69) is 0 Å². The minimum absolute atomic E-state index is 0.231. The molecule has 0 saturated carbocycles. The number of rotatable bonds is 5. The van der Waals surface area contributed by atoms with Crippen molar-refractivity contribution in [1.29, 1.82) is 0 Å². The molecule has 0 aliphatic rings. The first-order valence-electron chi connectivity index (χ1n) is 6.75. The van der Waals surface area contributed by atoms with Crippen molar-refractivity contribution in [2.24, 2.45) is 11.8 Å². The molecule has 0 amide bonds. The summed E-state index contributed by atoms with van der Waals surface area (Å²) in [6.07, 6.45) is 2.36. The lowest BCUT2D eigenvalue weighted by Gasteiger charge is -2.13. The van der Waals surface area contributed by atoms with E-state index in [4.69, 9.17) is 20.4 Å². The number of hydrogen-bond donors (Lipinski definition) is 4. The van der Waals surface area contributed by atoms with Gasteiger partial charge < -0.3 is 20.4 Å². The number of carboxylic acid groups (broad SMARTS) is 2. The summed E-state index contributed by atoms with van der Waals surface area (Å²) in [5.41, 5.74) is 0. The van der Waals surface area contributed by atoms with E-state index in [-0.39, 0.29) is 11.8 Å². The average molecular weight is 294 g/mol. The summed E-state index contributed by atoms with van der Waals surface area (Å²) in [4.78, 5) is 19.4. The van der Waals surface area contributed by atoms with Crippen LogP contribution < -0.4 is 0 Å². The third-order valence-corrected chi connectivity index (χ3v) is 1.99. The minimum Gasteiger partial charge on any atom is -0.481 e. The van der Waals surface area contributed by atoms with E-state index in [1.165, 1.54) is 6.92 Å². The Hall–Kier alpha value is -1.14.